The molecule has 0 amide bonds. The summed E-state index contributed by atoms with van der Waals surface area (Å²) in [5.41, 5.74) is 0.970. The molecule has 0 saturated heterocycles. The summed E-state index contributed by atoms with van der Waals surface area (Å²) in [6.45, 7) is 14.4. The third-order valence-corrected chi connectivity index (χ3v) is 8.94. The standard InChI is InChI=1S/C22H38O/c1-14-7-8-17-13-20-15(2)18(16(3)23)9-11-22(20,6)12-10-19(14)21(17,4)5/h14-15,17-20H,7-13H2,1-6H3/t14-,15-,17+,18?,19+,20-,22+/m1/s1. The molecular formula is C22H38O. The fraction of sp³-hybridized carbons (Fsp3) is 0.955. The molecule has 0 aromatic rings. The Kier molecular flexibility index (Phi) is 4.47. The molecular weight excluding hydrogens is 280 g/mol. The van der Waals surface area contributed by atoms with E-state index in [1.807, 2.05) is 6.92 Å². The molecule has 1 unspecified atom stereocenters. The minimum Gasteiger partial charge on any atom is -0.300 e. The maximum Gasteiger partial charge on any atom is 0.133 e. The summed E-state index contributed by atoms with van der Waals surface area (Å²) in [6, 6.07) is 0. The average molecular weight is 319 g/mol. The fourth-order valence-corrected chi connectivity index (χ4v) is 7.17. The molecule has 3 saturated carbocycles. The molecule has 0 spiro atoms. The molecule has 1 heteroatoms. The smallest absolute Gasteiger partial charge is 0.133 e. The highest BCUT2D eigenvalue weighted by molar-refractivity contribution is 5.78. The lowest BCUT2D eigenvalue weighted by molar-refractivity contribution is -0.130. The first-order chi connectivity index (χ1) is 10.7. The predicted molar refractivity (Wildman–Crippen MR) is 97.2 cm³/mol. The Morgan fingerprint density at radius 3 is 2.22 bits per heavy atom. The highest BCUT2D eigenvalue weighted by Crippen LogP contribution is 2.60. The Morgan fingerprint density at radius 1 is 0.913 bits per heavy atom. The van der Waals surface area contributed by atoms with Gasteiger partial charge in [-0.2, -0.15) is 0 Å². The number of hydrogen-bond acceptors (Lipinski definition) is 1. The lowest BCUT2D eigenvalue weighted by atomic mass is 9.47. The number of rotatable bonds is 1. The van der Waals surface area contributed by atoms with Gasteiger partial charge in [0.15, 0.2) is 0 Å². The molecule has 0 N–H and O–H groups in total. The summed E-state index contributed by atoms with van der Waals surface area (Å²) in [5.74, 6) is 4.76. The number of fused-ring (bicyclic) bond motifs is 3. The van der Waals surface area contributed by atoms with Gasteiger partial charge in [0.2, 0.25) is 0 Å². The minimum absolute atomic E-state index is 0.328. The molecule has 3 aliphatic rings. The summed E-state index contributed by atoms with van der Waals surface area (Å²) < 4.78 is 0. The van der Waals surface area contributed by atoms with Gasteiger partial charge >= 0.3 is 0 Å². The van der Waals surface area contributed by atoms with E-state index in [1.165, 1.54) is 38.5 Å². The van der Waals surface area contributed by atoms with Gasteiger partial charge in [-0.25, -0.2) is 0 Å². The van der Waals surface area contributed by atoms with Crippen LogP contribution in [0.1, 0.15) is 86.5 Å². The van der Waals surface area contributed by atoms with Crippen LogP contribution in [-0.4, -0.2) is 5.78 Å². The van der Waals surface area contributed by atoms with E-state index in [-0.39, 0.29) is 0 Å². The summed E-state index contributed by atoms with van der Waals surface area (Å²) in [4.78, 5) is 12.1. The van der Waals surface area contributed by atoms with Crippen molar-refractivity contribution >= 4 is 5.78 Å². The number of Topliss-reactive ketones (excluding diaryl/α,β-unsaturated/α-hetero) is 1. The molecule has 3 aliphatic carbocycles. The molecule has 3 fully saturated rings. The van der Waals surface area contributed by atoms with Crippen molar-refractivity contribution in [3.63, 3.8) is 0 Å². The summed E-state index contributed by atoms with van der Waals surface area (Å²) >= 11 is 0. The Morgan fingerprint density at radius 2 is 1.57 bits per heavy atom. The van der Waals surface area contributed by atoms with Crippen molar-refractivity contribution in [3.8, 4) is 0 Å². The molecule has 0 aromatic carbocycles. The van der Waals surface area contributed by atoms with Gasteiger partial charge in [0.25, 0.3) is 0 Å². The first-order valence-corrected chi connectivity index (χ1v) is 10.2. The Balaban J connectivity index is 1.91. The highest BCUT2D eigenvalue weighted by atomic mass is 16.1. The van der Waals surface area contributed by atoms with E-state index >= 15 is 0 Å². The predicted octanol–water partition coefficient (Wildman–Crippen LogP) is 6.12. The van der Waals surface area contributed by atoms with Gasteiger partial charge in [0.05, 0.1) is 0 Å². The van der Waals surface area contributed by atoms with Crippen LogP contribution in [0.3, 0.4) is 0 Å². The first kappa shape index (κ1) is 17.5. The molecule has 1 nitrogen and oxygen atoms in total. The number of hydrogen-bond donors (Lipinski definition) is 0. The van der Waals surface area contributed by atoms with Crippen molar-refractivity contribution in [2.75, 3.05) is 0 Å². The molecule has 132 valence electrons. The van der Waals surface area contributed by atoms with E-state index in [2.05, 4.69) is 34.6 Å². The van der Waals surface area contributed by atoms with Crippen molar-refractivity contribution in [3.05, 3.63) is 0 Å². The van der Waals surface area contributed by atoms with E-state index < -0.39 is 0 Å². The molecule has 0 radical (unpaired) electrons. The third-order valence-electron chi connectivity index (χ3n) is 8.94. The lowest BCUT2D eigenvalue weighted by Gasteiger charge is -2.58. The summed E-state index contributed by atoms with van der Waals surface area (Å²) in [6.07, 6.45) is 9.42. The van der Waals surface area contributed by atoms with E-state index in [0.29, 0.717) is 28.4 Å². The van der Waals surface area contributed by atoms with Gasteiger partial charge in [-0.05, 0) is 85.9 Å². The Labute approximate surface area is 144 Å². The van der Waals surface area contributed by atoms with Gasteiger partial charge in [-0.15, -0.1) is 0 Å². The fourth-order valence-electron chi connectivity index (χ4n) is 7.17. The van der Waals surface area contributed by atoms with Crippen LogP contribution in [0.2, 0.25) is 0 Å². The van der Waals surface area contributed by atoms with Crippen molar-refractivity contribution in [2.24, 2.45) is 46.3 Å². The van der Waals surface area contributed by atoms with Crippen LogP contribution in [0.4, 0.5) is 0 Å². The lowest BCUT2D eigenvalue weighted by Crippen LogP contribution is -2.50. The van der Waals surface area contributed by atoms with E-state index in [4.69, 9.17) is 0 Å². The SMILES string of the molecule is CC(=O)C1CC[C@@]2(C)CC[C@H]3[C@H](C)CC[C@@H](C[C@@H]2[C@@H]1C)C3(C)C. The second kappa shape index (κ2) is 5.88. The number of carbonyl (C=O) groups is 1. The maximum absolute atomic E-state index is 12.1. The summed E-state index contributed by atoms with van der Waals surface area (Å²) in [5, 5.41) is 0. The van der Waals surface area contributed by atoms with Gasteiger partial charge in [-0.3, -0.25) is 4.79 Å². The molecule has 23 heavy (non-hydrogen) atoms. The normalized spacial score (nSPS) is 49.7. The minimum atomic E-state index is 0.328. The van der Waals surface area contributed by atoms with Crippen LogP contribution < -0.4 is 0 Å². The molecule has 0 aliphatic heterocycles. The molecule has 7 atom stereocenters. The largest absolute Gasteiger partial charge is 0.300 e. The monoisotopic (exact) mass is 318 g/mol. The zero-order chi connectivity index (χ0) is 17.0. The van der Waals surface area contributed by atoms with E-state index in [9.17, 15) is 4.79 Å². The van der Waals surface area contributed by atoms with Crippen LogP contribution in [0, 0.1) is 46.3 Å². The van der Waals surface area contributed by atoms with Crippen LogP contribution in [-0.2, 0) is 4.79 Å². The molecule has 2 bridgehead atoms. The van der Waals surface area contributed by atoms with Gasteiger partial charge < -0.3 is 0 Å². The Bertz CT molecular complexity index is 465. The van der Waals surface area contributed by atoms with Gasteiger partial charge in [0, 0.05) is 5.92 Å². The third kappa shape index (κ3) is 2.81. The summed E-state index contributed by atoms with van der Waals surface area (Å²) in [7, 11) is 0. The zero-order valence-corrected chi connectivity index (χ0v) is 16.3. The van der Waals surface area contributed by atoms with Crippen LogP contribution in [0.15, 0.2) is 0 Å². The second-order valence-corrected chi connectivity index (χ2v) is 10.3. The highest BCUT2D eigenvalue weighted by Gasteiger charge is 2.52. The second-order valence-electron chi connectivity index (χ2n) is 10.3. The van der Waals surface area contributed by atoms with E-state index in [1.54, 1.807) is 0 Å². The first-order valence-electron chi connectivity index (χ1n) is 10.2. The topological polar surface area (TPSA) is 17.1 Å². The average Bonchev–Trinajstić information content (AvgIpc) is 2.44. The van der Waals surface area contributed by atoms with Crippen molar-refractivity contribution < 1.29 is 4.79 Å². The van der Waals surface area contributed by atoms with Crippen LogP contribution in [0.5, 0.6) is 0 Å². The van der Waals surface area contributed by atoms with E-state index in [0.717, 1.165) is 30.1 Å². The zero-order valence-electron chi connectivity index (χ0n) is 16.3. The quantitative estimate of drug-likeness (QED) is 0.569. The van der Waals surface area contributed by atoms with Gasteiger partial charge in [0.1, 0.15) is 5.78 Å². The van der Waals surface area contributed by atoms with Crippen LogP contribution >= 0.6 is 0 Å². The van der Waals surface area contributed by atoms with Crippen molar-refractivity contribution in [1.82, 2.24) is 0 Å². The van der Waals surface area contributed by atoms with Crippen molar-refractivity contribution in [1.29, 1.82) is 0 Å². The van der Waals surface area contributed by atoms with Gasteiger partial charge in [-0.1, -0.05) is 41.0 Å². The molecule has 0 heterocycles. The Hall–Kier alpha value is -0.330. The maximum atomic E-state index is 12.1. The van der Waals surface area contributed by atoms with Crippen molar-refractivity contribution in [2.45, 2.75) is 86.5 Å². The van der Waals surface area contributed by atoms with Crippen LogP contribution in [0.25, 0.3) is 0 Å². The number of ketones is 1. The molecule has 0 aromatic heterocycles. The number of carbonyl (C=O) groups excluding carboxylic acids is 1. The molecule has 3 rings (SSSR count).